The fourth-order valence-corrected chi connectivity index (χ4v) is 3.58. The van der Waals surface area contributed by atoms with Gasteiger partial charge in [-0.3, -0.25) is 9.80 Å². The fraction of sp³-hybridized carbons (Fsp3) is 0.550. The molecule has 0 radical (unpaired) electrons. The zero-order valence-electron chi connectivity index (χ0n) is 16.6. The highest BCUT2D eigenvalue weighted by molar-refractivity contribution is 5.81. The Bertz CT molecular complexity index is 800. The third-order valence-corrected chi connectivity index (χ3v) is 4.92. The van der Waals surface area contributed by atoms with Gasteiger partial charge in [-0.05, 0) is 44.4 Å². The Morgan fingerprint density at radius 3 is 2.46 bits per heavy atom. The number of fused-ring (bicyclic) bond motifs is 1. The van der Waals surface area contributed by atoms with E-state index in [9.17, 15) is 19.5 Å². The van der Waals surface area contributed by atoms with Crippen LogP contribution in [0.5, 0.6) is 0 Å². The lowest BCUT2D eigenvalue weighted by atomic mass is 10.1. The molecule has 8 nitrogen and oxygen atoms in total. The summed E-state index contributed by atoms with van der Waals surface area (Å²) in [5, 5.41) is 9.44. The number of carbonyl (C=O) groups is 3. The number of amides is 2. The van der Waals surface area contributed by atoms with Crippen molar-refractivity contribution in [3.8, 4) is 0 Å². The number of carbonyl (C=O) groups excluding carboxylic acids is 2. The van der Waals surface area contributed by atoms with Gasteiger partial charge < -0.3 is 14.6 Å². The molecule has 1 saturated heterocycles. The van der Waals surface area contributed by atoms with Gasteiger partial charge in [-0.2, -0.15) is 0 Å². The lowest BCUT2D eigenvalue weighted by Crippen LogP contribution is -2.43. The summed E-state index contributed by atoms with van der Waals surface area (Å²) in [6.07, 6.45) is -1.87. The van der Waals surface area contributed by atoms with Crippen LogP contribution in [0.1, 0.15) is 43.9 Å². The van der Waals surface area contributed by atoms with Gasteiger partial charge in [0.05, 0.1) is 6.54 Å². The largest absolute Gasteiger partial charge is 0.480 e. The summed E-state index contributed by atoms with van der Waals surface area (Å²) in [5.74, 6) is -1.14. The first kappa shape index (κ1) is 20.0. The van der Waals surface area contributed by atoms with E-state index in [1.165, 1.54) is 0 Å². The number of hydrogen-bond acceptors (Lipinski definition) is 5. The molecule has 2 heterocycles. The Hall–Kier alpha value is -2.77. The number of nitrogens with zero attached hydrogens (tertiary/aromatic N) is 2. The topological polar surface area (TPSA) is 96.4 Å². The Balaban J connectivity index is 1.63. The zero-order valence-corrected chi connectivity index (χ0v) is 16.6. The van der Waals surface area contributed by atoms with Crippen LogP contribution in [0.15, 0.2) is 18.2 Å². The second-order valence-corrected chi connectivity index (χ2v) is 8.30. The third-order valence-electron chi connectivity index (χ3n) is 4.92. The van der Waals surface area contributed by atoms with E-state index in [1.54, 1.807) is 25.7 Å². The van der Waals surface area contributed by atoms with Gasteiger partial charge in [-0.25, -0.2) is 14.4 Å². The lowest BCUT2D eigenvalue weighted by Gasteiger charge is -2.26. The first-order valence-corrected chi connectivity index (χ1v) is 9.30. The van der Waals surface area contributed by atoms with E-state index in [-0.39, 0.29) is 13.0 Å². The van der Waals surface area contributed by atoms with E-state index in [0.717, 1.165) is 21.6 Å². The fourth-order valence-electron chi connectivity index (χ4n) is 3.58. The van der Waals surface area contributed by atoms with Gasteiger partial charge in [0.2, 0.25) is 0 Å². The number of benzene rings is 1. The van der Waals surface area contributed by atoms with Crippen LogP contribution >= 0.6 is 0 Å². The summed E-state index contributed by atoms with van der Waals surface area (Å²) in [6.45, 7) is 8.05. The average molecular weight is 390 g/mol. The highest BCUT2D eigenvalue weighted by atomic mass is 16.6. The first-order chi connectivity index (χ1) is 13.0. The minimum Gasteiger partial charge on any atom is -0.480 e. The molecule has 1 N–H and O–H groups in total. The van der Waals surface area contributed by atoms with Gasteiger partial charge in [-0.1, -0.05) is 18.2 Å². The molecule has 2 aliphatic heterocycles. The number of hydrogen-bond donors (Lipinski definition) is 1. The summed E-state index contributed by atoms with van der Waals surface area (Å²) in [7, 11) is 0. The molecule has 0 unspecified atom stereocenters. The molecule has 8 heteroatoms. The van der Waals surface area contributed by atoms with Crippen molar-refractivity contribution in [3.05, 3.63) is 34.9 Å². The summed E-state index contributed by atoms with van der Waals surface area (Å²) in [4.78, 5) is 39.2. The Morgan fingerprint density at radius 2 is 1.86 bits per heavy atom. The van der Waals surface area contributed by atoms with E-state index in [0.29, 0.717) is 13.1 Å². The molecular formula is C20H26N2O6. The van der Waals surface area contributed by atoms with Crippen LogP contribution in [0.2, 0.25) is 0 Å². The predicted octanol–water partition coefficient (Wildman–Crippen LogP) is 2.91. The Labute approximate surface area is 164 Å². The molecule has 0 aromatic heterocycles. The number of ether oxygens (including phenoxy) is 2. The molecule has 1 fully saturated rings. The van der Waals surface area contributed by atoms with Crippen molar-refractivity contribution in [2.24, 2.45) is 0 Å². The van der Waals surface area contributed by atoms with Crippen LogP contribution in [0, 0.1) is 6.92 Å². The van der Waals surface area contributed by atoms with E-state index in [2.05, 4.69) is 0 Å². The van der Waals surface area contributed by atoms with Gasteiger partial charge in [0.15, 0.2) is 0 Å². The molecule has 1 aromatic carbocycles. The van der Waals surface area contributed by atoms with Crippen molar-refractivity contribution < 1.29 is 29.0 Å². The summed E-state index contributed by atoms with van der Waals surface area (Å²) in [5.41, 5.74) is 2.58. The minimum atomic E-state index is -1.14. The smallest absolute Gasteiger partial charge is 0.411 e. The first-order valence-electron chi connectivity index (χ1n) is 9.30. The monoisotopic (exact) mass is 390 g/mol. The summed E-state index contributed by atoms with van der Waals surface area (Å²) < 4.78 is 10.8. The maximum absolute atomic E-state index is 12.6. The van der Waals surface area contributed by atoms with Gasteiger partial charge in [0.25, 0.3) is 0 Å². The summed E-state index contributed by atoms with van der Waals surface area (Å²) >= 11 is 0. The highest BCUT2D eigenvalue weighted by Gasteiger charge is 2.43. The van der Waals surface area contributed by atoms with Gasteiger partial charge in [0.1, 0.15) is 17.7 Å². The third kappa shape index (κ3) is 4.21. The number of likely N-dealkylation sites (tertiary alicyclic amines) is 1. The molecule has 2 amide bonds. The normalized spacial score (nSPS) is 21.4. The summed E-state index contributed by atoms with van der Waals surface area (Å²) in [6, 6.07) is 4.86. The van der Waals surface area contributed by atoms with Crippen LogP contribution in [0.25, 0.3) is 0 Å². The molecule has 28 heavy (non-hydrogen) atoms. The number of rotatable bonds is 2. The molecule has 152 valence electrons. The van der Waals surface area contributed by atoms with Crippen molar-refractivity contribution >= 4 is 18.2 Å². The maximum Gasteiger partial charge on any atom is 0.411 e. The molecular weight excluding hydrogens is 364 g/mol. The molecule has 0 bridgehead atoms. The van der Waals surface area contributed by atoms with Gasteiger partial charge in [-0.15, -0.1) is 0 Å². The van der Waals surface area contributed by atoms with Crippen LogP contribution in [-0.2, 0) is 27.4 Å². The van der Waals surface area contributed by atoms with E-state index >= 15 is 0 Å². The Morgan fingerprint density at radius 1 is 1.14 bits per heavy atom. The minimum absolute atomic E-state index is 0.00254. The second kappa shape index (κ2) is 7.33. The molecule has 0 spiro atoms. The average Bonchev–Trinajstić information content (AvgIpc) is 3.18. The lowest BCUT2D eigenvalue weighted by molar-refractivity contribution is -0.142. The molecule has 1 aromatic rings. The standard InChI is InChI=1S/C20H26N2O6/c1-12-6-5-7-13-9-21(11-15(12)13)18(25)27-14-8-16(17(23)24)22(10-14)19(26)28-20(2,3)4/h5-7,14,16H,8-11H2,1-4H3,(H,23,24)/t14-,16+/m1/s1. The van der Waals surface area contributed by atoms with E-state index in [4.69, 9.17) is 9.47 Å². The quantitative estimate of drug-likeness (QED) is 0.834. The van der Waals surface area contributed by atoms with Gasteiger partial charge >= 0.3 is 18.2 Å². The van der Waals surface area contributed by atoms with Crippen molar-refractivity contribution in [1.29, 1.82) is 0 Å². The molecule has 2 aliphatic rings. The molecule has 0 saturated carbocycles. The number of carboxylic acid groups (broad SMARTS) is 1. The van der Waals surface area contributed by atoms with Crippen LogP contribution in [0.4, 0.5) is 9.59 Å². The van der Waals surface area contributed by atoms with E-state index < -0.39 is 35.9 Å². The predicted molar refractivity (Wildman–Crippen MR) is 99.7 cm³/mol. The molecule has 0 aliphatic carbocycles. The van der Waals surface area contributed by atoms with Crippen LogP contribution < -0.4 is 0 Å². The van der Waals surface area contributed by atoms with Crippen molar-refractivity contribution in [2.45, 2.75) is 65.0 Å². The molecule has 2 atom stereocenters. The number of carboxylic acids is 1. The second-order valence-electron chi connectivity index (χ2n) is 8.30. The van der Waals surface area contributed by atoms with E-state index in [1.807, 2.05) is 25.1 Å². The van der Waals surface area contributed by atoms with Crippen LogP contribution in [-0.4, -0.2) is 57.4 Å². The zero-order chi connectivity index (χ0) is 20.6. The van der Waals surface area contributed by atoms with Crippen molar-refractivity contribution in [2.75, 3.05) is 6.54 Å². The van der Waals surface area contributed by atoms with Crippen LogP contribution in [0.3, 0.4) is 0 Å². The van der Waals surface area contributed by atoms with Crippen molar-refractivity contribution in [3.63, 3.8) is 0 Å². The molecule has 3 rings (SSSR count). The van der Waals surface area contributed by atoms with Crippen molar-refractivity contribution in [1.82, 2.24) is 9.80 Å². The Kier molecular flexibility index (Phi) is 5.23. The highest BCUT2D eigenvalue weighted by Crippen LogP contribution is 2.28. The maximum atomic E-state index is 12.6. The van der Waals surface area contributed by atoms with Gasteiger partial charge in [0, 0.05) is 19.5 Å². The SMILES string of the molecule is Cc1cccc2c1CN(C(=O)O[C@@H]1C[C@@H](C(=O)O)N(C(=O)OC(C)(C)C)C1)C2. The number of aryl methyl sites for hydroxylation is 1. The number of aliphatic carboxylic acids is 1.